The van der Waals surface area contributed by atoms with Gasteiger partial charge in [-0.2, -0.15) is 0 Å². The van der Waals surface area contributed by atoms with Crippen molar-refractivity contribution in [2.24, 2.45) is 0 Å². The Morgan fingerprint density at radius 2 is 1.20 bits per heavy atom. The largest absolute Gasteiger partial charge is 0.453 e. The van der Waals surface area contributed by atoms with Crippen LogP contribution in [0.2, 0.25) is 0 Å². The summed E-state index contributed by atoms with van der Waals surface area (Å²) >= 11 is 1.87. The lowest BCUT2D eigenvalue weighted by atomic mass is 9.93. The van der Waals surface area contributed by atoms with Gasteiger partial charge in [0.15, 0.2) is 5.58 Å². The first kappa shape index (κ1) is 24.8. The summed E-state index contributed by atoms with van der Waals surface area (Å²) < 4.78 is 11.8. The van der Waals surface area contributed by atoms with Crippen molar-refractivity contribution in [1.29, 1.82) is 0 Å². The number of benzene rings is 7. The van der Waals surface area contributed by atoms with E-state index in [0.29, 0.717) is 0 Å². The van der Waals surface area contributed by atoms with Gasteiger partial charge in [-0.15, -0.1) is 11.3 Å². The van der Waals surface area contributed by atoms with Crippen LogP contribution in [0.3, 0.4) is 0 Å². The fraction of sp³-hybridized carbons (Fsp3) is 0. The maximum absolute atomic E-state index is 6.88. The zero-order chi connectivity index (χ0) is 29.5. The fourth-order valence-electron chi connectivity index (χ4n) is 7.23. The van der Waals surface area contributed by atoms with E-state index in [0.717, 1.165) is 44.2 Å². The molecule has 2 nitrogen and oxygen atoms in total. The van der Waals surface area contributed by atoms with Gasteiger partial charge in [-0.25, -0.2) is 0 Å². The summed E-state index contributed by atoms with van der Waals surface area (Å²) in [5.41, 5.74) is 9.90. The van der Waals surface area contributed by atoms with Gasteiger partial charge in [0.05, 0.1) is 5.52 Å². The predicted molar refractivity (Wildman–Crippen MR) is 192 cm³/mol. The highest BCUT2D eigenvalue weighted by molar-refractivity contribution is 7.26. The summed E-state index contributed by atoms with van der Waals surface area (Å²) in [4.78, 5) is 0. The Kier molecular flexibility index (Phi) is 5.19. The second-order valence-electron chi connectivity index (χ2n) is 11.7. The van der Waals surface area contributed by atoms with Gasteiger partial charge >= 0.3 is 0 Å². The Balaban J connectivity index is 1.21. The van der Waals surface area contributed by atoms with E-state index >= 15 is 0 Å². The van der Waals surface area contributed by atoms with E-state index in [9.17, 15) is 0 Å². The molecule has 3 aromatic heterocycles. The van der Waals surface area contributed by atoms with Crippen LogP contribution in [-0.4, -0.2) is 4.57 Å². The molecule has 7 aromatic carbocycles. The number of furan rings is 1. The first-order chi connectivity index (χ1) is 22.3. The van der Waals surface area contributed by atoms with E-state index in [1.165, 1.54) is 47.6 Å². The molecule has 3 heterocycles. The van der Waals surface area contributed by atoms with E-state index in [-0.39, 0.29) is 0 Å². The fourth-order valence-corrected chi connectivity index (χ4v) is 8.39. The van der Waals surface area contributed by atoms with Crippen molar-refractivity contribution in [3.8, 4) is 27.9 Å². The number of nitrogens with zero attached hydrogens (tertiary/aromatic N) is 1. The van der Waals surface area contributed by atoms with Crippen LogP contribution in [0.5, 0.6) is 0 Å². The molecular weight excluding hydrogens is 567 g/mol. The molecule has 3 heteroatoms. The Labute approximate surface area is 263 Å². The van der Waals surface area contributed by atoms with Crippen LogP contribution in [0.25, 0.3) is 91.9 Å². The number of rotatable bonds is 3. The van der Waals surface area contributed by atoms with E-state index in [2.05, 4.69) is 156 Å². The SMILES string of the molecule is c1ccc(-n2c3ccccc3c3oc4c(-c5ccccc5-c5ccc6c(c5)sc5ccc7ccccc7c56)cccc4c32)cc1. The van der Waals surface area contributed by atoms with E-state index < -0.39 is 0 Å². The predicted octanol–water partition coefficient (Wildman–Crippen LogP) is 12.4. The number of hydrogen-bond acceptors (Lipinski definition) is 2. The van der Waals surface area contributed by atoms with Crippen molar-refractivity contribution in [3.05, 3.63) is 152 Å². The molecule has 0 aliphatic heterocycles. The molecule has 45 heavy (non-hydrogen) atoms. The molecule has 0 atom stereocenters. The highest BCUT2D eigenvalue weighted by Gasteiger charge is 2.22. The van der Waals surface area contributed by atoms with Crippen molar-refractivity contribution in [2.75, 3.05) is 0 Å². The lowest BCUT2D eigenvalue weighted by Crippen LogP contribution is -1.93. The summed E-state index contributed by atoms with van der Waals surface area (Å²) in [6.07, 6.45) is 0. The molecule has 0 amide bonds. The second kappa shape index (κ2) is 9.43. The molecule has 0 aliphatic rings. The maximum atomic E-state index is 6.88. The quantitative estimate of drug-likeness (QED) is 0.200. The highest BCUT2D eigenvalue weighted by atomic mass is 32.1. The van der Waals surface area contributed by atoms with E-state index in [1.54, 1.807) is 0 Å². The molecule has 0 N–H and O–H groups in total. The minimum Gasteiger partial charge on any atom is -0.453 e. The third-order valence-corrected chi connectivity index (χ3v) is 10.3. The molecule has 0 fully saturated rings. The van der Waals surface area contributed by atoms with E-state index in [1.807, 2.05) is 11.3 Å². The van der Waals surface area contributed by atoms with Crippen LogP contribution < -0.4 is 0 Å². The standard InChI is InChI=1S/C42H25NOS/c1-2-12-28(13-3-1)43-36-20-9-8-17-33(36)42-40(43)35-19-10-18-32(41(35)44-42)31-16-7-6-14-29(31)27-21-23-34-38(25-27)45-37-24-22-26-11-4-5-15-30(26)39(34)37/h1-25H. The van der Waals surface area contributed by atoms with Gasteiger partial charge in [-0.05, 0) is 69.9 Å². The maximum Gasteiger partial charge on any atom is 0.161 e. The number of fused-ring (bicyclic) bond motifs is 10. The summed E-state index contributed by atoms with van der Waals surface area (Å²) in [5.74, 6) is 0. The van der Waals surface area contributed by atoms with Crippen molar-refractivity contribution in [2.45, 2.75) is 0 Å². The van der Waals surface area contributed by atoms with Gasteiger partial charge in [0, 0.05) is 42.2 Å². The van der Waals surface area contributed by atoms with Crippen LogP contribution >= 0.6 is 11.3 Å². The highest BCUT2D eigenvalue weighted by Crippen LogP contribution is 2.45. The Morgan fingerprint density at radius 3 is 2.11 bits per heavy atom. The van der Waals surface area contributed by atoms with Gasteiger partial charge in [-0.1, -0.05) is 109 Å². The topological polar surface area (TPSA) is 18.1 Å². The lowest BCUT2D eigenvalue weighted by molar-refractivity contribution is 0.674. The van der Waals surface area contributed by atoms with Crippen molar-refractivity contribution < 1.29 is 4.42 Å². The molecule has 0 bridgehead atoms. The molecule has 10 rings (SSSR count). The summed E-state index contributed by atoms with van der Waals surface area (Å²) in [6, 6.07) is 54.5. The third kappa shape index (κ3) is 3.56. The average Bonchev–Trinajstić information content (AvgIpc) is 3.77. The zero-order valence-corrected chi connectivity index (χ0v) is 25.0. The monoisotopic (exact) mass is 591 g/mol. The molecule has 0 spiro atoms. The minimum absolute atomic E-state index is 0.916. The molecule has 210 valence electrons. The molecule has 0 saturated heterocycles. The first-order valence-corrected chi connectivity index (χ1v) is 16.1. The van der Waals surface area contributed by atoms with Gasteiger partial charge in [0.25, 0.3) is 0 Å². The van der Waals surface area contributed by atoms with Gasteiger partial charge < -0.3 is 8.98 Å². The first-order valence-electron chi connectivity index (χ1n) is 15.3. The smallest absolute Gasteiger partial charge is 0.161 e. The Hall–Kier alpha value is -5.64. The van der Waals surface area contributed by atoms with Crippen LogP contribution in [0.15, 0.2) is 156 Å². The van der Waals surface area contributed by atoms with Crippen LogP contribution in [0.1, 0.15) is 0 Å². The number of aromatic nitrogens is 1. The van der Waals surface area contributed by atoms with Gasteiger partial charge in [-0.3, -0.25) is 0 Å². The molecular formula is C42H25NOS. The summed E-state index contributed by atoms with van der Waals surface area (Å²) in [6.45, 7) is 0. The zero-order valence-electron chi connectivity index (χ0n) is 24.2. The molecule has 0 unspecified atom stereocenters. The van der Waals surface area contributed by atoms with E-state index in [4.69, 9.17) is 4.42 Å². The molecule has 0 aliphatic carbocycles. The van der Waals surface area contributed by atoms with Crippen molar-refractivity contribution >= 4 is 75.3 Å². The number of para-hydroxylation sites is 3. The van der Waals surface area contributed by atoms with Crippen molar-refractivity contribution in [1.82, 2.24) is 4.57 Å². The number of hydrogen-bond donors (Lipinski definition) is 0. The normalized spacial score (nSPS) is 12.0. The molecule has 0 saturated carbocycles. The summed E-state index contributed by atoms with van der Waals surface area (Å²) in [7, 11) is 0. The average molecular weight is 592 g/mol. The third-order valence-electron chi connectivity index (χ3n) is 9.21. The van der Waals surface area contributed by atoms with Gasteiger partial charge in [0.2, 0.25) is 0 Å². The molecule has 0 radical (unpaired) electrons. The van der Waals surface area contributed by atoms with Crippen LogP contribution in [-0.2, 0) is 0 Å². The Morgan fingerprint density at radius 1 is 0.467 bits per heavy atom. The summed E-state index contributed by atoms with van der Waals surface area (Å²) in [5, 5.41) is 7.51. The Bertz CT molecular complexity index is 2760. The molecule has 10 aromatic rings. The van der Waals surface area contributed by atoms with Crippen LogP contribution in [0.4, 0.5) is 0 Å². The second-order valence-corrected chi connectivity index (χ2v) is 12.8. The van der Waals surface area contributed by atoms with Gasteiger partial charge in [0.1, 0.15) is 11.1 Å². The van der Waals surface area contributed by atoms with Crippen molar-refractivity contribution in [3.63, 3.8) is 0 Å². The minimum atomic E-state index is 0.916. The van der Waals surface area contributed by atoms with Crippen LogP contribution in [0, 0.1) is 0 Å². The lowest BCUT2D eigenvalue weighted by Gasteiger charge is -2.12. The number of thiophene rings is 1.